The fraction of sp³-hybridized carbons (Fsp3) is 0.235. The van der Waals surface area contributed by atoms with Crippen molar-refractivity contribution in [2.24, 2.45) is 0 Å². The quantitative estimate of drug-likeness (QED) is 0.876. The van der Waals surface area contributed by atoms with Crippen molar-refractivity contribution >= 4 is 39.1 Å². The summed E-state index contributed by atoms with van der Waals surface area (Å²) in [5.41, 5.74) is 3.04. The van der Waals surface area contributed by atoms with Crippen molar-refractivity contribution in [1.29, 1.82) is 0 Å². The molecule has 2 aromatic carbocycles. The number of nitrogens with one attached hydrogen (secondary N) is 2. The maximum absolute atomic E-state index is 12.6. The standard InChI is InChI=1S/C17H18N2O3S2/c1-11-7-12(2)9-13(8-11)19-24(21,22)14-3-4-16-15(10-14)18-17(20)5-6-23-16/h3-4,7-10,19H,5-6H2,1-2H3,(H,18,20). The van der Waals surface area contributed by atoms with E-state index in [1.54, 1.807) is 36.0 Å². The molecule has 0 aliphatic carbocycles. The topological polar surface area (TPSA) is 75.3 Å². The molecule has 0 saturated heterocycles. The maximum Gasteiger partial charge on any atom is 0.261 e. The van der Waals surface area contributed by atoms with Crippen LogP contribution in [0.4, 0.5) is 11.4 Å². The summed E-state index contributed by atoms with van der Waals surface area (Å²) in [6.45, 7) is 3.83. The summed E-state index contributed by atoms with van der Waals surface area (Å²) in [6.07, 6.45) is 0.419. The zero-order valence-corrected chi connectivity index (χ0v) is 15.1. The van der Waals surface area contributed by atoms with Gasteiger partial charge in [-0.2, -0.15) is 0 Å². The molecule has 0 bridgehead atoms. The molecule has 0 atom stereocenters. The number of sulfonamides is 1. The van der Waals surface area contributed by atoms with Gasteiger partial charge in [-0.1, -0.05) is 6.07 Å². The number of hydrogen-bond donors (Lipinski definition) is 2. The highest BCUT2D eigenvalue weighted by atomic mass is 32.2. The van der Waals surface area contributed by atoms with Gasteiger partial charge in [-0.15, -0.1) is 11.8 Å². The Hall–Kier alpha value is -1.99. The van der Waals surface area contributed by atoms with Gasteiger partial charge in [0.25, 0.3) is 10.0 Å². The molecule has 2 N–H and O–H groups in total. The molecule has 5 nitrogen and oxygen atoms in total. The van der Waals surface area contributed by atoms with E-state index in [4.69, 9.17) is 0 Å². The number of carbonyl (C=O) groups excluding carboxylic acids is 1. The lowest BCUT2D eigenvalue weighted by Crippen LogP contribution is -2.14. The van der Waals surface area contributed by atoms with Crippen molar-refractivity contribution in [2.45, 2.75) is 30.1 Å². The van der Waals surface area contributed by atoms with E-state index < -0.39 is 10.0 Å². The summed E-state index contributed by atoms with van der Waals surface area (Å²) >= 11 is 1.54. The van der Waals surface area contributed by atoms with E-state index in [9.17, 15) is 13.2 Å². The van der Waals surface area contributed by atoms with Crippen molar-refractivity contribution in [1.82, 2.24) is 0 Å². The Morgan fingerprint density at radius 2 is 1.79 bits per heavy atom. The molecule has 1 amide bonds. The second-order valence-electron chi connectivity index (χ2n) is 5.79. The number of thioether (sulfide) groups is 1. The number of fused-ring (bicyclic) bond motifs is 1. The van der Waals surface area contributed by atoms with Gasteiger partial charge in [-0.05, 0) is 55.3 Å². The summed E-state index contributed by atoms with van der Waals surface area (Å²) in [7, 11) is -3.72. The van der Waals surface area contributed by atoms with Gasteiger partial charge in [-0.3, -0.25) is 9.52 Å². The van der Waals surface area contributed by atoms with Crippen molar-refractivity contribution in [3.05, 3.63) is 47.5 Å². The smallest absolute Gasteiger partial charge is 0.261 e. The van der Waals surface area contributed by atoms with Crippen LogP contribution in [0, 0.1) is 13.8 Å². The summed E-state index contributed by atoms with van der Waals surface area (Å²) < 4.78 is 27.9. The first-order valence-electron chi connectivity index (χ1n) is 7.51. The number of hydrogen-bond acceptors (Lipinski definition) is 4. The molecular weight excluding hydrogens is 344 g/mol. The highest BCUT2D eigenvalue weighted by Gasteiger charge is 2.19. The van der Waals surface area contributed by atoms with Crippen LogP contribution in [-0.2, 0) is 14.8 Å². The summed E-state index contributed by atoms with van der Waals surface area (Å²) in [5.74, 6) is 0.587. The Kier molecular flexibility index (Phi) is 4.56. The van der Waals surface area contributed by atoms with Crippen molar-refractivity contribution < 1.29 is 13.2 Å². The minimum absolute atomic E-state index is 0.0990. The Balaban J connectivity index is 1.94. The van der Waals surface area contributed by atoms with Crippen LogP contribution in [0.2, 0.25) is 0 Å². The van der Waals surface area contributed by atoms with E-state index in [1.165, 1.54) is 6.07 Å². The van der Waals surface area contributed by atoms with Gasteiger partial charge in [0.1, 0.15) is 0 Å². The molecule has 0 fully saturated rings. The van der Waals surface area contributed by atoms with Gasteiger partial charge in [0.05, 0.1) is 10.6 Å². The van der Waals surface area contributed by atoms with E-state index in [1.807, 2.05) is 19.9 Å². The SMILES string of the molecule is Cc1cc(C)cc(NS(=O)(=O)c2ccc3c(c2)NC(=O)CCS3)c1. The van der Waals surface area contributed by atoms with Crippen LogP contribution in [0.5, 0.6) is 0 Å². The summed E-state index contributed by atoms with van der Waals surface area (Å²) in [5, 5.41) is 2.76. The monoisotopic (exact) mass is 362 g/mol. The van der Waals surface area contributed by atoms with Crippen molar-refractivity contribution in [2.75, 3.05) is 15.8 Å². The molecular formula is C17H18N2O3S2. The first-order chi connectivity index (χ1) is 11.3. The molecule has 0 radical (unpaired) electrons. The van der Waals surface area contributed by atoms with Crippen molar-refractivity contribution in [3.8, 4) is 0 Å². The molecule has 0 unspecified atom stereocenters. The second-order valence-corrected chi connectivity index (χ2v) is 8.61. The van der Waals surface area contributed by atoms with Crippen LogP contribution in [0.1, 0.15) is 17.5 Å². The van der Waals surface area contributed by atoms with Crippen molar-refractivity contribution in [3.63, 3.8) is 0 Å². The van der Waals surface area contributed by atoms with Crippen LogP contribution < -0.4 is 10.0 Å². The molecule has 0 spiro atoms. The molecule has 1 aliphatic heterocycles. The van der Waals surface area contributed by atoms with Crippen LogP contribution in [-0.4, -0.2) is 20.1 Å². The highest BCUT2D eigenvalue weighted by molar-refractivity contribution is 7.99. The van der Waals surface area contributed by atoms with Gasteiger partial charge < -0.3 is 5.32 Å². The van der Waals surface area contributed by atoms with E-state index in [-0.39, 0.29) is 10.8 Å². The first kappa shape index (κ1) is 16.9. The van der Waals surface area contributed by atoms with Crippen LogP contribution in [0.25, 0.3) is 0 Å². The van der Waals surface area contributed by atoms with E-state index in [0.29, 0.717) is 23.5 Å². The first-order valence-corrected chi connectivity index (χ1v) is 9.98. The lowest BCUT2D eigenvalue weighted by atomic mass is 10.1. The predicted molar refractivity (Wildman–Crippen MR) is 97.1 cm³/mol. The van der Waals surface area contributed by atoms with Gasteiger partial charge >= 0.3 is 0 Å². The molecule has 126 valence electrons. The lowest BCUT2D eigenvalue weighted by molar-refractivity contribution is -0.115. The zero-order chi connectivity index (χ0) is 17.3. The van der Waals surface area contributed by atoms with Gasteiger partial charge in [0, 0.05) is 22.8 Å². The fourth-order valence-corrected chi connectivity index (χ4v) is 4.62. The third-order valence-corrected chi connectivity index (χ3v) is 6.05. The lowest BCUT2D eigenvalue weighted by Gasteiger charge is -2.12. The molecule has 3 rings (SSSR count). The number of amides is 1. The van der Waals surface area contributed by atoms with Crippen LogP contribution in [0.15, 0.2) is 46.2 Å². The molecule has 7 heteroatoms. The van der Waals surface area contributed by atoms with E-state index in [2.05, 4.69) is 10.0 Å². The number of anilines is 2. The number of carbonyl (C=O) groups is 1. The largest absolute Gasteiger partial charge is 0.325 e. The molecule has 0 aromatic heterocycles. The van der Waals surface area contributed by atoms with Gasteiger partial charge in [-0.25, -0.2) is 8.42 Å². The minimum atomic E-state index is -3.72. The summed E-state index contributed by atoms with van der Waals surface area (Å²) in [6, 6.07) is 10.4. The Morgan fingerprint density at radius 1 is 1.08 bits per heavy atom. The Morgan fingerprint density at radius 3 is 2.50 bits per heavy atom. The highest BCUT2D eigenvalue weighted by Crippen LogP contribution is 2.33. The number of rotatable bonds is 3. The molecule has 24 heavy (non-hydrogen) atoms. The van der Waals surface area contributed by atoms with Crippen LogP contribution >= 0.6 is 11.8 Å². The number of benzene rings is 2. The van der Waals surface area contributed by atoms with E-state index >= 15 is 0 Å². The Labute approximate surface area is 145 Å². The molecule has 1 aliphatic rings. The number of aryl methyl sites for hydroxylation is 2. The minimum Gasteiger partial charge on any atom is -0.325 e. The second kappa shape index (κ2) is 6.49. The zero-order valence-electron chi connectivity index (χ0n) is 13.4. The summed E-state index contributed by atoms with van der Waals surface area (Å²) in [4.78, 5) is 12.7. The molecule has 1 heterocycles. The fourth-order valence-electron chi connectivity index (χ4n) is 2.61. The predicted octanol–water partition coefficient (Wildman–Crippen LogP) is 3.54. The van der Waals surface area contributed by atoms with Gasteiger partial charge in [0.2, 0.25) is 5.91 Å². The third kappa shape index (κ3) is 3.73. The Bertz CT molecular complexity index is 888. The van der Waals surface area contributed by atoms with Gasteiger partial charge in [0.15, 0.2) is 0 Å². The molecule has 0 saturated carbocycles. The molecule has 2 aromatic rings. The normalized spacial score (nSPS) is 14.5. The average molecular weight is 362 g/mol. The maximum atomic E-state index is 12.6. The average Bonchev–Trinajstić information content (AvgIpc) is 2.65. The third-order valence-electron chi connectivity index (χ3n) is 3.60. The van der Waals surface area contributed by atoms with Crippen LogP contribution in [0.3, 0.4) is 0 Å². The van der Waals surface area contributed by atoms with E-state index in [0.717, 1.165) is 16.0 Å².